The first-order valence-corrected chi connectivity index (χ1v) is 9.72. The Bertz CT molecular complexity index is 678. The summed E-state index contributed by atoms with van der Waals surface area (Å²) in [6, 6.07) is 7.09. The number of carbonyl (C=O) groups is 1. The third-order valence-electron chi connectivity index (χ3n) is 4.70. The maximum atomic E-state index is 12.1. The first-order valence-electron chi connectivity index (χ1n) is 8.11. The molecule has 3 rings (SSSR count). The van der Waals surface area contributed by atoms with Crippen LogP contribution in [0.25, 0.3) is 0 Å². The number of nitrogens with two attached hydrogens (primary N) is 1. The van der Waals surface area contributed by atoms with Crippen molar-refractivity contribution in [1.82, 2.24) is 0 Å². The molecule has 134 valence electrons. The van der Waals surface area contributed by atoms with Crippen LogP contribution in [0, 0.1) is 5.92 Å². The van der Waals surface area contributed by atoms with Gasteiger partial charge in [0.1, 0.15) is 0 Å². The lowest BCUT2D eigenvalue weighted by Gasteiger charge is -2.18. The topological polar surface area (TPSA) is 92.5 Å². The van der Waals surface area contributed by atoms with E-state index in [-0.39, 0.29) is 36.0 Å². The molecule has 0 unspecified atom stereocenters. The number of benzene rings is 1. The van der Waals surface area contributed by atoms with Gasteiger partial charge in [0.05, 0.1) is 11.4 Å². The molecule has 2 aliphatic rings. The van der Waals surface area contributed by atoms with Crippen molar-refractivity contribution in [1.29, 1.82) is 0 Å². The molecule has 3 N–H and O–H groups in total. The Kier molecular flexibility index (Phi) is 6.11. The Morgan fingerprint density at radius 2 is 1.92 bits per heavy atom. The lowest BCUT2D eigenvalue weighted by molar-refractivity contribution is -0.117. The molecule has 0 spiro atoms. The maximum Gasteiger partial charge on any atom is 0.235 e. The predicted molar refractivity (Wildman–Crippen MR) is 98.0 cm³/mol. The second kappa shape index (κ2) is 7.72. The molecule has 24 heavy (non-hydrogen) atoms. The van der Waals surface area contributed by atoms with Gasteiger partial charge in [-0.2, -0.15) is 0 Å². The average Bonchev–Trinajstić information content (AvgIpc) is 3.05. The zero-order valence-corrected chi connectivity index (χ0v) is 15.1. The molecule has 1 heterocycles. The van der Waals surface area contributed by atoms with Gasteiger partial charge >= 0.3 is 0 Å². The van der Waals surface area contributed by atoms with Crippen LogP contribution in [-0.4, -0.2) is 32.7 Å². The van der Waals surface area contributed by atoms with Crippen LogP contribution in [0.5, 0.6) is 0 Å². The molecule has 1 saturated heterocycles. The number of nitrogens with one attached hydrogen (secondary N) is 1. The third-order valence-corrected chi connectivity index (χ3v) is 6.57. The molecular formula is C16H24ClN3O3S. The molecule has 0 bridgehead atoms. The molecule has 2 atom stereocenters. The predicted octanol–water partition coefficient (Wildman–Crippen LogP) is 2.10. The summed E-state index contributed by atoms with van der Waals surface area (Å²) in [5, 5.41) is 2.87. The summed E-state index contributed by atoms with van der Waals surface area (Å²) in [5.41, 5.74) is 7.33. The van der Waals surface area contributed by atoms with Crippen molar-refractivity contribution in [2.75, 3.05) is 21.9 Å². The van der Waals surface area contributed by atoms with E-state index in [0.29, 0.717) is 30.8 Å². The third kappa shape index (κ3) is 4.20. The number of amides is 1. The van der Waals surface area contributed by atoms with Crippen LogP contribution in [0.1, 0.15) is 32.1 Å². The fourth-order valence-electron chi connectivity index (χ4n) is 3.41. The van der Waals surface area contributed by atoms with Crippen LogP contribution in [-0.2, 0) is 14.8 Å². The zero-order valence-electron chi connectivity index (χ0n) is 13.5. The fraction of sp³-hybridized carbons (Fsp3) is 0.562. The number of halogens is 1. The highest BCUT2D eigenvalue weighted by Crippen LogP contribution is 2.28. The second-order valence-electron chi connectivity index (χ2n) is 6.40. The van der Waals surface area contributed by atoms with Gasteiger partial charge in [-0.1, -0.05) is 6.42 Å². The summed E-state index contributed by atoms with van der Waals surface area (Å²) >= 11 is 0. The number of hydrogen-bond donors (Lipinski definition) is 2. The Morgan fingerprint density at radius 3 is 2.46 bits per heavy atom. The van der Waals surface area contributed by atoms with Crippen LogP contribution >= 0.6 is 12.4 Å². The van der Waals surface area contributed by atoms with E-state index in [1.165, 1.54) is 4.31 Å². The Labute approximate surface area is 149 Å². The van der Waals surface area contributed by atoms with Gasteiger partial charge in [0.15, 0.2) is 0 Å². The van der Waals surface area contributed by atoms with Gasteiger partial charge in [-0.05, 0) is 49.4 Å². The van der Waals surface area contributed by atoms with Crippen molar-refractivity contribution in [2.24, 2.45) is 11.7 Å². The minimum absolute atomic E-state index is 0. The monoisotopic (exact) mass is 373 g/mol. The summed E-state index contributed by atoms with van der Waals surface area (Å²) in [7, 11) is -3.17. The van der Waals surface area contributed by atoms with Gasteiger partial charge in [-0.3, -0.25) is 9.10 Å². The van der Waals surface area contributed by atoms with Crippen molar-refractivity contribution in [2.45, 2.75) is 38.1 Å². The first kappa shape index (κ1) is 19.0. The van der Waals surface area contributed by atoms with Gasteiger partial charge in [-0.15, -0.1) is 12.4 Å². The quantitative estimate of drug-likeness (QED) is 0.845. The highest BCUT2D eigenvalue weighted by Gasteiger charge is 2.28. The minimum Gasteiger partial charge on any atom is -0.327 e. The smallest absolute Gasteiger partial charge is 0.235 e. The summed E-state index contributed by atoms with van der Waals surface area (Å²) in [6.45, 7) is 0.521. The lowest BCUT2D eigenvalue weighted by atomic mass is 10.00. The number of rotatable bonds is 4. The van der Waals surface area contributed by atoms with Gasteiger partial charge in [0, 0.05) is 24.7 Å². The number of anilines is 2. The molecule has 1 amide bonds. The van der Waals surface area contributed by atoms with Crippen molar-refractivity contribution in [3.63, 3.8) is 0 Å². The molecular weight excluding hydrogens is 350 g/mol. The SMILES string of the molecule is Cl.N[C@@H]1CCC[C@H]1CC(=O)Nc1ccc(N2CCCS2(=O)=O)cc1. The number of sulfonamides is 1. The van der Waals surface area contributed by atoms with Gasteiger partial charge in [-0.25, -0.2) is 8.42 Å². The largest absolute Gasteiger partial charge is 0.327 e. The molecule has 0 aromatic heterocycles. The maximum absolute atomic E-state index is 12.1. The van der Waals surface area contributed by atoms with Crippen molar-refractivity contribution >= 4 is 39.7 Å². The molecule has 1 aromatic carbocycles. The summed E-state index contributed by atoms with van der Waals surface area (Å²) in [6.07, 6.45) is 4.21. The molecule has 1 aliphatic heterocycles. The van der Waals surface area contributed by atoms with E-state index in [1.54, 1.807) is 24.3 Å². The summed E-state index contributed by atoms with van der Waals surface area (Å²) in [5.74, 6) is 0.436. The number of nitrogens with zero attached hydrogens (tertiary/aromatic N) is 1. The Balaban J connectivity index is 0.00000208. The van der Waals surface area contributed by atoms with Crippen molar-refractivity contribution in [3.05, 3.63) is 24.3 Å². The average molecular weight is 374 g/mol. The summed E-state index contributed by atoms with van der Waals surface area (Å²) in [4.78, 5) is 12.1. The first-order chi connectivity index (χ1) is 11.0. The highest BCUT2D eigenvalue weighted by atomic mass is 35.5. The zero-order chi connectivity index (χ0) is 16.4. The molecule has 1 saturated carbocycles. The van der Waals surface area contributed by atoms with Gasteiger partial charge in [0.25, 0.3) is 0 Å². The van der Waals surface area contributed by atoms with Crippen LogP contribution < -0.4 is 15.4 Å². The van der Waals surface area contributed by atoms with Crippen molar-refractivity contribution in [3.8, 4) is 0 Å². The van der Waals surface area contributed by atoms with Crippen LogP contribution in [0.2, 0.25) is 0 Å². The van der Waals surface area contributed by atoms with Crippen LogP contribution in [0.15, 0.2) is 24.3 Å². The molecule has 1 aliphatic carbocycles. The van der Waals surface area contributed by atoms with E-state index in [1.807, 2.05) is 0 Å². The summed E-state index contributed by atoms with van der Waals surface area (Å²) < 4.78 is 25.2. The Hall–Kier alpha value is -1.31. The van der Waals surface area contributed by atoms with E-state index in [4.69, 9.17) is 5.73 Å². The molecule has 8 heteroatoms. The molecule has 6 nitrogen and oxygen atoms in total. The standard InChI is InChI=1S/C16H23N3O3S.ClH/c17-15-4-1-3-12(15)11-16(20)18-13-5-7-14(8-6-13)19-9-2-10-23(19,21)22;/h5-8,12,15H,1-4,9-11,17H2,(H,18,20);1H/t12-,15+;/m0./s1. The van der Waals surface area contributed by atoms with Crippen molar-refractivity contribution < 1.29 is 13.2 Å². The number of hydrogen-bond acceptors (Lipinski definition) is 4. The van der Waals surface area contributed by atoms with E-state index in [2.05, 4.69) is 5.32 Å². The van der Waals surface area contributed by atoms with E-state index >= 15 is 0 Å². The lowest BCUT2D eigenvalue weighted by Crippen LogP contribution is -2.28. The van der Waals surface area contributed by atoms with E-state index in [9.17, 15) is 13.2 Å². The number of carbonyl (C=O) groups excluding carboxylic acids is 1. The normalized spacial score (nSPS) is 25.3. The highest BCUT2D eigenvalue weighted by molar-refractivity contribution is 7.93. The minimum atomic E-state index is -3.17. The van der Waals surface area contributed by atoms with Crippen LogP contribution in [0.3, 0.4) is 0 Å². The van der Waals surface area contributed by atoms with Gasteiger partial charge < -0.3 is 11.1 Å². The van der Waals surface area contributed by atoms with Gasteiger partial charge in [0.2, 0.25) is 15.9 Å². The van der Waals surface area contributed by atoms with Crippen LogP contribution in [0.4, 0.5) is 11.4 Å². The second-order valence-corrected chi connectivity index (χ2v) is 8.41. The van der Waals surface area contributed by atoms with E-state index in [0.717, 1.165) is 19.3 Å². The Morgan fingerprint density at radius 1 is 1.21 bits per heavy atom. The fourth-order valence-corrected chi connectivity index (χ4v) is 4.97. The molecule has 0 radical (unpaired) electrons. The molecule has 2 fully saturated rings. The van der Waals surface area contributed by atoms with E-state index < -0.39 is 10.0 Å². The molecule has 1 aromatic rings.